The van der Waals surface area contributed by atoms with Crippen molar-refractivity contribution in [3.8, 4) is 11.8 Å². The van der Waals surface area contributed by atoms with Gasteiger partial charge in [-0.1, -0.05) is 11.8 Å². The maximum absolute atomic E-state index is 8.86. The van der Waals surface area contributed by atoms with E-state index in [1.54, 1.807) is 0 Å². The quantitative estimate of drug-likeness (QED) is 0.831. The summed E-state index contributed by atoms with van der Waals surface area (Å²) in [6.07, 6.45) is 5.70. The van der Waals surface area contributed by atoms with Crippen molar-refractivity contribution in [2.45, 2.75) is 38.8 Å². The Morgan fingerprint density at radius 2 is 2.36 bits per heavy atom. The monoisotopic (exact) mass is 362 g/mol. The predicted molar refractivity (Wildman–Crippen MR) is 89.6 cm³/mol. The molecule has 3 rings (SSSR count). The van der Waals surface area contributed by atoms with Crippen LogP contribution in [0.1, 0.15) is 43.0 Å². The number of rotatable bonds is 2. The zero-order chi connectivity index (χ0) is 15.5. The third-order valence-corrected chi connectivity index (χ3v) is 4.74. The minimum absolute atomic E-state index is 0.0314. The minimum atomic E-state index is 0.0314. The Morgan fingerprint density at radius 1 is 1.50 bits per heavy atom. The number of hydrogen-bond acceptors (Lipinski definition) is 3. The van der Waals surface area contributed by atoms with Crippen molar-refractivity contribution in [2.24, 2.45) is 0 Å². The van der Waals surface area contributed by atoms with Gasteiger partial charge >= 0.3 is 0 Å². The number of aliphatic hydroxyl groups is 1. The van der Waals surface area contributed by atoms with Gasteiger partial charge in [-0.05, 0) is 53.7 Å². The lowest BCUT2D eigenvalue weighted by atomic mass is 10.1. The van der Waals surface area contributed by atoms with E-state index in [0.717, 1.165) is 46.0 Å². The van der Waals surface area contributed by atoms with E-state index in [1.165, 1.54) is 6.42 Å². The van der Waals surface area contributed by atoms with Gasteiger partial charge in [0, 0.05) is 28.5 Å². The molecule has 0 radical (unpaired) electrons. The van der Waals surface area contributed by atoms with Gasteiger partial charge in [-0.3, -0.25) is 0 Å². The average Bonchev–Trinajstić information content (AvgIpc) is 2.95. The van der Waals surface area contributed by atoms with Crippen molar-refractivity contribution in [1.82, 2.24) is 9.78 Å². The van der Waals surface area contributed by atoms with Gasteiger partial charge in [0.05, 0.1) is 18.3 Å². The molecular weight excluding hydrogens is 344 g/mol. The van der Waals surface area contributed by atoms with E-state index < -0.39 is 0 Å². The van der Waals surface area contributed by atoms with Crippen LogP contribution in [0.15, 0.2) is 16.7 Å². The summed E-state index contributed by atoms with van der Waals surface area (Å²) in [5.74, 6) is 6.12. The lowest BCUT2D eigenvalue weighted by Gasteiger charge is -2.23. The maximum atomic E-state index is 8.86. The number of nitrogens with zero attached hydrogens (tertiary/aromatic N) is 2. The van der Waals surface area contributed by atoms with Gasteiger partial charge in [-0.2, -0.15) is 5.10 Å². The van der Waals surface area contributed by atoms with Crippen LogP contribution >= 0.6 is 15.9 Å². The SMILES string of the molecule is Cc1cc2c(cnn2C2CCCCO2)c(Br)c1C#CCCO. The first-order valence-corrected chi connectivity index (χ1v) is 8.39. The molecule has 22 heavy (non-hydrogen) atoms. The molecular formula is C17H19BrN2O2. The molecule has 1 N–H and O–H groups in total. The van der Waals surface area contributed by atoms with Gasteiger partial charge in [0.2, 0.25) is 0 Å². The lowest BCUT2D eigenvalue weighted by Crippen LogP contribution is -2.19. The van der Waals surface area contributed by atoms with Crippen LogP contribution in [0, 0.1) is 18.8 Å². The van der Waals surface area contributed by atoms with Gasteiger partial charge in [0.25, 0.3) is 0 Å². The number of aryl methyl sites for hydroxylation is 1. The second kappa shape index (κ2) is 6.82. The number of fused-ring (bicyclic) bond motifs is 1. The molecule has 1 saturated heterocycles. The summed E-state index contributed by atoms with van der Waals surface area (Å²) in [6.45, 7) is 2.94. The molecule has 116 valence electrons. The molecule has 1 aliphatic rings. The topological polar surface area (TPSA) is 47.3 Å². The molecule has 5 heteroatoms. The number of benzene rings is 1. The second-order valence-electron chi connectivity index (χ2n) is 5.50. The number of ether oxygens (including phenoxy) is 1. The summed E-state index contributed by atoms with van der Waals surface area (Å²) >= 11 is 3.66. The molecule has 0 amide bonds. The number of aromatic nitrogens is 2. The van der Waals surface area contributed by atoms with Crippen molar-refractivity contribution >= 4 is 26.8 Å². The largest absolute Gasteiger partial charge is 0.395 e. The second-order valence-corrected chi connectivity index (χ2v) is 6.29. The Bertz CT molecular complexity index is 736. The first-order chi connectivity index (χ1) is 10.7. The highest BCUT2D eigenvalue weighted by Crippen LogP contribution is 2.33. The van der Waals surface area contributed by atoms with Gasteiger partial charge in [-0.25, -0.2) is 4.68 Å². The Balaban J connectivity index is 2.04. The summed E-state index contributed by atoms with van der Waals surface area (Å²) in [4.78, 5) is 0. The predicted octanol–water partition coefficient (Wildman–Crippen LogP) is 3.54. The van der Waals surface area contributed by atoms with Crippen molar-refractivity contribution in [2.75, 3.05) is 13.2 Å². The number of aliphatic hydroxyl groups excluding tert-OH is 1. The Hall–Kier alpha value is -1.35. The van der Waals surface area contributed by atoms with Crippen molar-refractivity contribution in [3.63, 3.8) is 0 Å². The van der Waals surface area contributed by atoms with Crippen LogP contribution in [-0.2, 0) is 4.74 Å². The molecule has 1 aromatic heterocycles. The summed E-state index contributed by atoms with van der Waals surface area (Å²) in [5.41, 5.74) is 3.14. The van der Waals surface area contributed by atoms with E-state index in [1.807, 2.05) is 17.8 Å². The third kappa shape index (κ3) is 2.91. The number of hydrogen-bond donors (Lipinski definition) is 1. The van der Waals surface area contributed by atoms with Gasteiger partial charge in [-0.15, -0.1) is 0 Å². The molecule has 1 aromatic carbocycles. The van der Waals surface area contributed by atoms with E-state index in [-0.39, 0.29) is 12.8 Å². The Morgan fingerprint density at radius 3 is 3.09 bits per heavy atom. The molecule has 0 aliphatic carbocycles. The van der Waals surface area contributed by atoms with Crippen LogP contribution < -0.4 is 0 Å². The molecule has 0 spiro atoms. The fourth-order valence-corrected chi connectivity index (χ4v) is 3.49. The molecule has 1 aliphatic heterocycles. The molecule has 0 saturated carbocycles. The van der Waals surface area contributed by atoms with Crippen LogP contribution in [0.3, 0.4) is 0 Å². The van der Waals surface area contributed by atoms with E-state index in [4.69, 9.17) is 9.84 Å². The van der Waals surface area contributed by atoms with Crippen LogP contribution in [0.25, 0.3) is 10.9 Å². The highest BCUT2D eigenvalue weighted by atomic mass is 79.9. The molecule has 2 aromatic rings. The van der Waals surface area contributed by atoms with Gasteiger partial charge in [0.15, 0.2) is 6.23 Å². The highest BCUT2D eigenvalue weighted by Gasteiger charge is 2.20. The lowest BCUT2D eigenvalue weighted by molar-refractivity contribution is -0.0366. The Labute approximate surface area is 138 Å². The smallest absolute Gasteiger partial charge is 0.150 e. The first kappa shape index (κ1) is 15.5. The highest BCUT2D eigenvalue weighted by molar-refractivity contribution is 9.10. The third-order valence-electron chi connectivity index (χ3n) is 3.92. The van der Waals surface area contributed by atoms with Crippen molar-refractivity contribution < 1.29 is 9.84 Å². The van der Waals surface area contributed by atoms with Gasteiger partial charge < -0.3 is 9.84 Å². The van der Waals surface area contributed by atoms with Gasteiger partial charge in [0.1, 0.15) is 0 Å². The van der Waals surface area contributed by atoms with Crippen LogP contribution in [0.4, 0.5) is 0 Å². The van der Waals surface area contributed by atoms with E-state index >= 15 is 0 Å². The molecule has 4 nitrogen and oxygen atoms in total. The average molecular weight is 363 g/mol. The molecule has 1 fully saturated rings. The fourth-order valence-electron chi connectivity index (χ4n) is 2.78. The van der Waals surface area contributed by atoms with Crippen LogP contribution in [-0.4, -0.2) is 28.1 Å². The summed E-state index contributed by atoms with van der Waals surface area (Å²) in [7, 11) is 0. The number of halogens is 1. The van der Waals surface area contributed by atoms with Crippen LogP contribution in [0.2, 0.25) is 0 Å². The molecule has 0 bridgehead atoms. The van der Waals surface area contributed by atoms with Crippen LogP contribution in [0.5, 0.6) is 0 Å². The van der Waals surface area contributed by atoms with E-state index in [2.05, 4.69) is 38.9 Å². The zero-order valence-corrected chi connectivity index (χ0v) is 14.2. The van der Waals surface area contributed by atoms with E-state index in [0.29, 0.717) is 6.42 Å². The summed E-state index contributed by atoms with van der Waals surface area (Å²) in [6, 6.07) is 2.12. The van der Waals surface area contributed by atoms with E-state index in [9.17, 15) is 0 Å². The fraction of sp³-hybridized carbons (Fsp3) is 0.471. The summed E-state index contributed by atoms with van der Waals surface area (Å²) in [5, 5.41) is 14.4. The standard InChI is InChI=1S/C17H19BrN2O2/c1-12-10-15-14(17(18)13(12)6-2-4-8-21)11-19-20(15)16-7-3-5-9-22-16/h10-11,16,21H,3-5,7-9H2,1H3. The minimum Gasteiger partial charge on any atom is -0.395 e. The zero-order valence-electron chi connectivity index (χ0n) is 12.6. The molecule has 1 unspecified atom stereocenters. The maximum Gasteiger partial charge on any atom is 0.150 e. The van der Waals surface area contributed by atoms with Crippen molar-refractivity contribution in [3.05, 3.63) is 27.9 Å². The Kier molecular flexibility index (Phi) is 4.82. The van der Waals surface area contributed by atoms with Crippen molar-refractivity contribution in [1.29, 1.82) is 0 Å². The summed E-state index contributed by atoms with van der Waals surface area (Å²) < 4.78 is 8.80. The molecule has 2 heterocycles. The normalized spacial score (nSPS) is 18.2. The first-order valence-electron chi connectivity index (χ1n) is 7.60. The molecule has 1 atom stereocenters.